The highest BCUT2D eigenvalue weighted by atomic mass is 16.5. The Hall–Kier alpha value is -2.04. The minimum atomic E-state index is -1.10. The van der Waals surface area contributed by atoms with Crippen LogP contribution in [-0.2, 0) is 4.74 Å². The second-order valence-electron chi connectivity index (χ2n) is 3.36. The van der Waals surface area contributed by atoms with Gasteiger partial charge in [0.05, 0.1) is 19.3 Å². The fourth-order valence-corrected chi connectivity index (χ4v) is 1.27. The quantitative estimate of drug-likeness (QED) is 0.794. The molecule has 5 heteroatoms. The van der Waals surface area contributed by atoms with Crippen molar-refractivity contribution in [2.24, 2.45) is 0 Å². The van der Waals surface area contributed by atoms with Gasteiger partial charge in [-0.1, -0.05) is 6.92 Å². The lowest BCUT2D eigenvalue weighted by Gasteiger charge is -2.10. The van der Waals surface area contributed by atoms with E-state index in [1.165, 1.54) is 25.3 Å². The average Bonchev–Trinajstić information content (AvgIpc) is 2.35. The molecule has 0 aliphatic rings. The summed E-state index contributed by atoms with van der Waals surface area (Å²) in [6.07, 6.45) is 0.793. The molecule has 0 bridgehead atoms. The van der Waals surface area contributed by atoms with Crippen LogP contribution in [0.5, 0.6) is 5.75 Å². The first-order valence-corrected chi connectivity index (χ1v) is 5.18. The number of carbonyl (C=O) groups is 2. The highest BCUT2D eigenvalue weighted by molar-refractivity contribution is 5.96. The third-order valence-corrected chi connectivity index (χ3v) is 2.09. The molecular weight excluding hydrogens is 224 g/mol. The summed E-state index contributed by atoms with van der Waals surface area (Å²) in [5, 5.41) is 8.84. The van der Waals surface area contributed by atoms with Gasteiger partial charge in [0, 0.05) is 0 Å². The van der Waals surface area contributed by atoms with Gasteiger partial charge in [0.1, 0.15) is 11.3 Å². The van der Waals surface area contributed by atoms with E-state index in [1.54, 1.807) is 0 Å². The van der Waals surface area contributed by atoms with Crippen LogP contribution >= 0.6 is 0 Å². The van der Waals surface area contributed by atoms with Crippen molar-refractivity contribution in [3.05, 3.63) is 29.3 Å². The molecule has 0 saturated carbocycles. The zero-order chi connectivity index (χ0) is 12.8. The Kier molecular flexibility index (Phi) is 4.51. The zero-order valence-corrected chi connectivity index (χ0v) is 9.73. The molecule has 92 valence electrons. The van der Waals surface area contributed by atoms with Crippen LogP contribution in [0.15, 0.2) is 18.2 Å². The van der Waals surface area contributed by atoms with Gasteiger partial charge in [0.15, 0.2) is 0 Å². The van der Waals surface area contributed by atoms with Gasteiger partial charge < -0.3 is 14.6 Å². The highest BCUT2D eigenvalue weighted by Crippen LogP contribution is 2.21. The lowest BCUT2D eigenvalue weighted by atomic mass is 10.1. The molecule has 17 heavy (non-hydrogen) atoms. The fraction of sp³-hybridized carbons (Fsp3) is 0.333. The molecule has 1 aromatic carbocycles. The second kappa shape index (κ2) is 5.89. The Labute approximate surface area is 99.0 Å². The maximum Gasteiger partial charge on any atom is 0.341 e. The second-order valence-corrected chi connectivity index (χ2v) is 3.36. The van der Waals surface area contributed by atoms with Crippen LogP contribution in [0.3, 0.4) is 0 Å². The maximum atomic E-state index is 11.5. The molecule has 0 heterocycles. The molecular formula is C12H14O5. The number of benzene rings is 1. The number of ether oxygens (including phenoxy) is 2. The number of hydrogen-bond donors (Lipinski definition) is 1. The summed E-state index contributed by atoms with van der Waals surface area (Å²) in [6.45, 7) is 2.39. The molecule has 0 aliphatic heterocycles. The van der Waals surface area contributed by atoms with Gasteiger partial charge in [0.25, 0.3) is 0 Å². The van der Waals surface area contributed by atoms with Gasteiger partial charge in [-0.05, 0) is 24.6 Å². The van der Waals surface area contributed by atoms with Crippen LogP contribution in [0.25, 0.3) is 0 Å². The van der Waals surface area contributed by atoms with E-state index in [-0.39, 0.29) is 11.1 Å². The van der Waals surface area contributed by atoms with Crippen LogP contribution in [0.4, 0.5) is 0 Å². The molecule has 0 saturated heterocycles. The number of carbonyl (C=O) groups excluding carboxylic acids is 1. The summed E-state index contributed by atoms with van der Waals surface area (Å²) in [4.78, 5) is 22.3. The van der Waals surface area contributed by atoms with Crippen LogP contribution in [-0.4, -0.2) is 30.8 Å². The van der Waals surface area contributed by atoms with Crippen LogP contribution in [0.1, 0.15) is 34.1 Å². The number of rotatable bonds is 5. The minimum absolute atomic E-state index is 0.0225. The minimum Gasteiger partial charge on any atom is -0.493 e. The predicted octanol–water partition coefficient (Wildman–Crippen LogP) is 1.96. The van der Waals surface area contributed by atoms with Crippen LogP contribution in [0, 0.1) is 0 Å². The van der Waals surface area contributed by atoms with Crippen molar-refractivity contribution in [1.29, 1.82) is 0 Å². The monoisotopic (exact) mass is 238 g/mol. The molecule has 5 nitrogen and oxygen atoms in total. The van der Waals surface area contributed by atoms with E-state index in [2.05, 4.69) is 4.74 Å². The largest absolute Gasteiger partial charge is 0.493 e. The van der Waals surface area contributed by atoms with Crippen LogP contribution in [0.2, 0.25) is 0 Å². The summed E-state index contributed by atoms with van der Waals surface area (Å²) in [5.74, 6) is -1.37. The van der Waals surface area contributed by atoms with Gasteiger partial charge in [-0.3, -0.25) is 0 Å². The van der Waals surface area contributed by atoms with E-state index in [0.29, 0.717) is 12.4 Å². The van der Waals surface area contributed by atoms with E-state index in [0.717, 1.165) is 6.42 Å². The van der Waals surface area contributed by atoms with E-state index >= 15 is 0 Å². The zero-order valence-electron chi connectivity index (χ0n) is 9.73. The van der Waals surface area contributed by atoms with Crippen molar-refractivity contribution < 1.29 is 24.2 Å². The molecule has 0 fully saturated rings. The topological polar surface area (TPSA) is 72.8 Å². The SMILES string of the molecule is CCCOc1ccc(C(=O)O)cc1C(=O)OC. The third-order valence-electron chi connectivity index (χ3n) is 2.09. The fourth-order valence-electron chi connectivity index (χ4n) is 1.27. The molecule has 0 radical (unpaired) electrons. The molecule has 0 aliphatic carbocycles. The molecule has 1 rings (SSSR count). The van der Waals surface area contributed by atoms with Gasteiger partial charge in [-0.2, -0.15) is 0 Å². The van der Waals surface area contributed by atoms with Gasteiger partial charge in [0.2, 0.25) is 0 Å². The Balaban J connectivity index is 3.12. The number of esters is 1. The summed E-state index contributed by atoms with van der Waals surface area (Å²) in [5.41, 5.74) is 0.148. The van der Waals surface area contributed by atoms with Crippen molar-refractivity contribution in [3.63, 3.8) is 0 Å². The summed E-state index contributed by atoms with van der Waals surface area (Å²) >= 11 is 0. The standard InChI is InChI=1S/C12H14O5/c1-3-6-17-10-5-4-8(11(13)14)7-9(10)12(15)16-2/h4-5,7H,3,6H2,1-2H3,(H,13,14). The maximum absolute atomic E-state index is 11.5. The van der Waals surface area contributed by atoms with Gasteiger partial charge in [-0.25, -0.2) is 9.59 Å². The van der Waals surface area contributed by atoms with Crippen LogP contribution < -0.4 is 4.74 Å². The smallest absolute Gasteiger partial charge is 0.341 e. The summed E-state index contributed by atoms with van der Waals surface area (Å²) in [7, 11) is 1.24. The first-order valence-electron chi connectivity index (χ1n) is 5.18. The van der Waals surface area contributed by atoms with Crippen molar-refractivity contribution >= 4 is 11.9 Å². The predicted molar refractivity (Wildman–Crippen MR) is 60.5 cm³/mol. The first-order chi connectivity index (χ1) is 8.10. The van der Waals surface area contributed by atoms with E-state index < -0.39 is 11.9 Å². The first kappa shape index (κ1) is 13.0. The summed E-state index contributed by atoms with van der Waals surface area (Å²) < 4.78 is 9.93. The van der Waals surface area contributed by atoms with E-state index in [9.17, 15) is 9.59 Å². The lowest BCUT2D eigenvalue weighted by molar-refractivity contribution is 0.0596. The Bertz CT molecular complexity index is 425. The molecule has 1 N–H and O–H groups in total. The van der Waals surface area contributed by atoms with Gasteiger partial charge in [-0.15, -0.1) is 0 Å². The Morgan fingerprint density at radius 3 is 2.59 bits per heavy atom. The molecule has 0 atom stereocenters. The third kappa shape index (κ3) is 3.21. The van der Waals surface area contributed by atoms with Crippen molar-refractivity contribution in [2.75, 3.05) is 13.7 Å². The number of carboxylic acids is 1. The Morgan fingerprint density at radius 2 is 2.06 bits per heavy atom. The molecule has 0 unspecified atom stereocenters. The number of carboxylic acid groups (broad SMARTS) is 1. The number of methoxy groups -OCH3 is 1. The molecule has 0 aromatic heterocycles. The highest BCUT2D eigenvalue weighted by Gasteiger charge is 2.16. The van der Waals surface area contributed by atoms with E-state index in [4.69, 9.17) is 9.84 Å². The number of hydrogen-bond acceptors (Lipinski definition) is 4. The number of aromatic carboxylic acids is 1. The normalized spacial score (nSPS) is 9.76. The Morgan fingerprint density at radius 1 is 1.35 bits per heavy atom. The molecule has 0 spiro atoms. The average molecular weight is 238 g/mol. The van der Waals surface area contributed by atoms with Gasteiger partial charge >= 0.3 is 11.9 Å². The van der Waals surface area contributed by atoms with Crippen molar-refractivity contribution in [1.82, 2.24) is 0 Å². The summed E-state index contributed by atoms with van der Waals surface area (Å²) in [6, 6.07) is 4.10. The lowest BCUT2D eigenvalue weighted by Crippen LogP contribution is -2.08. The van der Waals surface area contributed by atoms with E-state index in [1.807, 2.05) is 6.92 Å². The van der Waals surface area contributed by atoms with Crippen molar-refractivity contribution in [2.45, 2.75) is 13.3 Å². The van der Waals surface area contributed by atoms with Crippen molar-refractivity contribution in [3.8, 4) is 5.75 Å². The molecule has 1 aromatic rings. The molecule has 0 amide bonds.